The summed E-state index contributed by atoms with van der Waals surface area (Å²) >= 11 is 0. The lowest BCUT2D eigenvalue weighted by Crippen LogP contribution is -2.23. The Bertz CT molecular complexity index is 682. The molecule has 122 valence electrons. The van der Waals surface area contributed by atoms with E-state index >= 15 is 0 Å². The Hall–Kier alpha value is -2.33. The smallest absolute Gasteiger partial charge is 0.338 e. The molecule has 0 saturated carbocycles. The molecule has 1 N–H and O–H groups in total. The van der Waals surface area contributed by atoms with Crippen LogP contribution in [0, 0.1) is 0 Å². The molecule has 0 saturated heterocycles. The van der Waals surface area contributed by atoms with Gasteiger partial charge in [0.1, 0.15) is 11.4 Å². The van der Waals surface area contributed by atoms with Gasteiger partial charge >= 0.3 is 5.97 Å². The first-order valence-electron chi connectivity index (χ1n) is 7.45. The van der Waals surface area contributed by atoms with Crippen LogP contribution >= 0.6 is 0 Å². The first-order chi connectivity index (χ1) is 10.8. The van der Waals surface area contributed by atoms with E-state index in [0.717, 1.165) is 16.7 Å². The van der Waals surface area contributed by atoms with Gasteiger partial charge < -0.3 is 14.6 Å². The number of aliphatic hydroxyl groups is 1. The van der Waals surface area contributed by atoms with Gasteiger partial charge in [-0.25, -0.2) is 4.79 Å². The number of carbonyl (C=O) groups excluding carboxylic acids is 1. The van der Waals surface area contributed by atoms with Crippen LogP contribution in [-0.4, -0.2) is 23.8 Å². The molecule has 0 amide bonds. The van der Waals surface area contributed by atoms with E-state index in [4.69, 9.17) is 9.47 Å². The van der Waals surface area contributed by atoms with Crippen molar-refractivity contribution in [3.8, 4) is 16.9 Å². The predicted molar refractivity (Wildman–Crippen MR) is 89.5 cm³/mol. The maximum atomic E-state index is 12.0. The predicted octanol–water partition coefficient (Wildman–Crippen LogP) is 3.81. The molecule has 0 aliphatic carbocycles. The lowest BCUT2D eigenvalue weighted by molar-refractivity contribution is 0.00695. The van der Waals surface area contributed by atoms with Gasteiger partial charge in [0.2, 0.25) is 0 Å². The van der Waals surface area contributed by atoms with Gasteiger partial charge in [-0.3, -0.25) is 0 Å². The van der Waals surface area contributed by atoms with Crippen LogP contribution in [-0.2, 0) is 11.3 Å². The number of hydrogen-bond acceptors (Lipinski definition) is 4. The van der Waals surface area contributed by atoms with Crippen molar-refractivity contribution in [2.75, 3.05) is 7.11 Å². The lowest BCUT2D eigenvalue weighted by atomic mass is 9.98. The van der Waals surface area contributed by atoms with E-state index < -0.39 is 5.60 Å². The second-order valence-corrected chi connectivity index (χ2v) is 6.26. The molecule has 2 aromatic carbocycles. The molecule has 4 heteroatoms. The van der Waals surface area contributed by atoms with Crippen molar-refractivity contribution in [2.45, 2.75) is 33.0 Å². The van der Waals surface area contributed by atoms with Gasteiger partial charge in [-0.2, -0.15) is 0 Å². The number of benzene rings is 2. The maximum Gasteiger partial charge on any atom is 0.338 e. The van der Waals surface area contributed by atoms with Gasteiger partial charge in [0.05, 0.1) is 19.3 Å². The van der Waals surface area contributed by atoms with Crippen molar-refractivity contribution < 1.29 is 19.4 Å². The van der Waals surface area contributed by atoms with Crippen molar-refractivity contribution in [3.05, 3.63) is 53.6 Å². The number of methoxy groups -OCH3 is 1. The molecule has 0 radical (unpaired) electrons. The number of hydrogen-bond donors (Lipinski definition) is 1. The molecule has 23 heavy (non-hydrogen) atoms. The highest BCUT2D eigenvalue weighted by atomic mass is 16.6. The molecule has 2 aromatic rings. The first-order valence-corrected chi connectivity index (χ1v) is 7.45. The molecular weight excluding hydrogens is 292 g/mol. The molecule has 0 fully saturated rings. The highest BCUT2D eigenvalue weighted by molar-refractivity contribution is 5.90. The second kappa shape index (κ2) is 6.84. The van der Waals surface area contributed by atoms with Crippen LogP contribution in [0.3, 0.4) is 0 Å². The molecular formula is C19H22O4. The number of rotatable bonds is 4. The third kappa shape index (κ3) is 4.33. The average Bonchev–Trinajstić information content (AvgIpc) is 2.52. The quantitative estimate of drug-likeness (QED) is 0.872. The van der Waals surface area contributed by atoms with E-state index in [1.54, 1.807) is 19.2 Å². The summed E-state index contributed by atoms with van der Waals surface area (Å²) in [5.41, 5.74) is 2.56. The molecule has 0 aliphatic heterocycles. The Balaban J connectivity index is 2.31. The number of esters is 1. The van der Waals surface area contributed by atoms with E-state index in [2.05, 4.69) is 0 Å². The molecule has 0 spiro atoms. The van der Waals surface area contributed by atoms with Crippen LogP contribution in [0.5, 0.6) is 5.75 Å². The molecule has 2 rings (SSSR count). The van der Waals surface area contributed by atoms with Gasteiger partial charge in [-0.05, 0) is 61.7 Å². The maximum absolute atomic E-state index is 12.0. The van der Waals surface area contributed by atoms with Crippen molar-refractivity contribution >= 4 is 5.97 Å². The molecule has 4 nitrogen and oxygen atoms in total. The van der Waals surface area contributed by atoms with Gasteiger partial charge in [0.15, 0.2) is 0 Å². The summed E-state index contributed by atoms with van der Waals surface area (Å²) in [6, 6.07) is 12.6. The lowest BCUT2D eigenvalue weighted by Gasteiger charge is -2.19. The van der Waals surface area contributed by atoms with Crippen LogP contribution in [0.15, 0.2) is 42.5 Å². The molecule has 0 atom stereocenters. The number of carbonyl (C=O) groups is 1. The molecule has 0 heterocycles. The zero-order valence-corrected chi connectivity index (χ0v) is 13.9. The normalized spacial score (nSPS) is 11.2. The molecule has 0 unspecified atom stereocenters. The summed E-state index contributed by atoms with van der Waals surface area (Å²) in [6.45, 7) is 5.45. The summed E-state index contributed by atoms with van der Waals surface area (Å²) in [4.78, 5) is 12.0. The van der Waals surface area contributed by atoms with E-state index in [9.17, 15) is 9.90 Å². The topological polar surface area (TPSA) is 55.8 Å². The highest BCUT2D eigenvalue weighted by Crippen LogP contribution is 2.28. The largest absolute Gasteiger partial charge is 0.497 e. The molecule has 0 aromatic heterocycles. The highest BCUT2D eigenvalue weighted by Gasteiger charge is 2.18. The van der Waals surface area contributed by atoms with E-state index in [0.29, 0.717) is 11.3 Å². The Morgan fingerprint density at radius 2 is 1.74 bits per heavy atom. The fourth-order valence-corrected chi connectivity index (χ4v) is 2.21. The summed E-state index contributed by atoms with van der Waals surface area (Å²) in [5, 5.41) is 9.50. The summed E-state index contributed by atoms with van der Waals surface area (Å²) in [5.74, 6) is 0.366. The Kier molecular flexibility index (Phi) is 5.06. The third-order valence-corrected chi connectivity index (χ3v) is 3.32. The number of ether oxygens (including phenoxy) is 2. The minimum Gasteiger partial charge on any atom is -0.497 e. The van der Waals surface area contributed by atoms with E-state index in [1.165, 1.54) is 0 Å². The zero-order valence-electron chi connectivity index (χ0n) is 13.9. The van der Waals surface area contributed by atoms with Gasteiger partial charge in [0, 0.05) is 0 Å². The number of aliphatic hydroxyl groups excluding tert-OH is 1. The van der Waals surface area contributed by atoms with Crippen LogP contribution in [0.25, 0.3) is 11.1 Å². The van der Waals surface area contributed by atoms with Crippen LogP contribution in [0.4, 0.5) is 0 Å². The van der Waals surface area contributed by atoms with E-state index in [1.807, 2.05) is 51.1 Å². The average molecular weight is 314 g/mol. The minimum absolute atomic E-state index is 0.0624. The third-order valence-electron chi connectivity index (χ3n) is 3.32. The summed E-state index contributed by atoms with van der Waals surface area (Å²) < 4.78 is 10.6. The van der Waals surface area contributed by atoms with Crippen LogP contribution in [0.2, 0.25) is 0 Å². The van der Waals surface area contributed by atoms with Crippen molar-refractivity contribution in [3.63, 3.8) is 0 Å². The van der Waals surface area contributed by atoms with Crippen molar-refractivity contribution in [1.82, 2.24) is 0 Å². The summed E-state index contributed by atoms with van der Waals surface area (Å²) in [7, 11) is 1.60. The first kappa shape index (κ1) is 17.0. The monoisotopic (exact) mass is 314 g/mol. The van der Waals surface area contributed by atoms with Gasteiger partial charge in [-0.1, -0.05) is 18.2 Å². The fraction of sp³-hybridized carbons (Fsp3) is 0.316. The standard InChI is InChI=1S/C19H22O4/c1-19(2,3)23-18(21)14-7-5-13(6-8-14)17-11-16(22-4)10-9-15(17)12-20/h5-11,20H,12H2,1-4H3. The van der Waals surface area contributed by atoms with Crippen molar-refractivity contribution in [1.29, 1.82) is 0 Å². The van der Waals surface area contributed by atoms with Crippen LogP contribution < -0.4 is 4.74 Å². The Morgan fingerprint density at radius 3 is 2.26 bits per heavy atom. The van der Waals surface area contributed by atoms with Gasteiger partial charge in [-0.15, -0.1) is 0 Å². The zero-order chi connectivity index (χ0) is 17.0. The fourth-order valence-electron chi connectivity index (χ4n) is 2.21. The molecule has 0 aliphatic rings. The second-order valence-electron chi connectivity index (χ2n) is 6.26. The summed E-state index contributed by atoms with van der Waals surface area (Å²) in [6.07, 6.45) is 0. The van der Waals surface area contributed by atoms with Crippen LogP contribution in [0.1, 0.15) is 36.7 Å². The molecule has 0 bridgehead atoms. The Morgan fingerprint density at radius 1 is 1.09 bits per heavy atom. The van der Waals surface area contributed by atoms with Gasteiger partial charge in [0.25, 0.3) is 0 Å². The van der Waals surface area contributed by atoms with Crippen molar-refractivity contribution in [2.24, 2.45) is 0 Å². The van der Waals surface area contributed by atoms with E-state index in [-0.39, 0.29) is 12.6 Å². The Labute approximate surface area is 136 Å². The minimum atomic E-state index is -0.521. The SMILES string of the molecule is COc1ccc(CO)c(-c2ccc(C(=O)OC(C)(C)C)cc2)c1.